The average Bonchev–Trinajstić information content (AvgIpc) is 2.69. The van der Waals surface area contributed by atoms with Gasteiger partial charge in [-0.25, -0.2) is 4.39 Å². The minimum Gasteiger partial charge on any atom is -0.466 e. The third-order valence-electron chi connectivity index (χ3n) is 4.06. The Hall–Kier alpha value is -2.35. The number of benzene rings is 1. The largest absolute Gasteiger partial charge is 0.466 e. The van der Waals surface area contributed by atoms with Crippen molar-refractivity contribution in [1.82, 2.24) is 15.1 Å². The maximum Gasteiger partial charge on any atom is 0.260 e. The van der Waals surface area contributed by atoms with Crippen LogP contribution in [0.2, 0.25) is 0 Å². The Morgan fingerprint density at radius 2 is 1.92 bits per heavy atom. The fourth-order valence-electron chi connectivity index (χ4n) is 2.58. The van der Waals surface area contributed by atoms with Gasteiger partial charge in [-0.05, 0) is 23.8 Å². The van der Waals surface area contributed by atoms with E-state index in [4.69, 9.17) is 4.74 Å². The average molecular weight is 376 g/mol. The summed E-state index contributed by atoms with van der Waals surface area (Å²) in [5.74, 6) is 2.66. The van der Waals surface area contributed by atoms with E-state index in [2.05, 4.69) is 10.2 Å². The predicted octanol–water partition coefficient (Wildman–Crippen LogP) is 2.21. The molecule has 1 aromatic carbocycles. The lowest BCUT2D eigenvalue weighted by Crippen LogP contribution is -2.40. The molecule has 1 aromatic heterocycles. The molecular formula is C18H21FN4O2S. The predicted molar refractivity (Wildman–Crippen MR) is 99.9 cm³/mol. The van der Waals surface area contributed by atoms with Crippen LogP contribution in [-0.4, -0.2) is 59.3 Å². The van der Waals surface area contributed by atoms with Gasteiger partial charge in [-0.3, -0.25) is 4.79 Å². The van der Waals surface area contributed by atoms with Gasteiger partial charge in [-0.2, -0.15) is 11.8 Å². The van der Waals surface area contributed by atoms with Crippen LogP contribution in [0, 0.1) is 5.82 Å². The van der Waals surface area contributed by atoms with Gasteiger partial charge in [0.25, 0.3) is 5.91 Å². The number of hydrogen-bond acceptors (Lipinski definition) is 6. The van der Waals surface area contributed by atoms with Crippen LogP contribution in [0.25, 0.3) is 0 Å². The summed E-state index contributed by atoms with van der Waals surface area (Å²) in [5.41, 5.74) is 0.973. The topological polar surface area (TPSA) is 58.6 Å². The number of hydrogen-bond donors (Lipinski definition) is 0. The summed E-state index contributed by atoms with van der Waals surface area (Å²) in [6.07, 6.45) is 0. The number of amides is 1. The molecule has 0 bridgehead atoms. The third kappa shape index (κ3) is 5.08. The molecule has 0 atom stereocenters. The van der Waals surface area contributed by atoms with Crippen molar-refractivity contribution < 1.29 is 13.9 Å². The summed E-state index contributed by atoms with van der Waals surface area (Å²) in [4.78, 5) is 15.8. The first-order valence-electron chi connectivity index (χ1n) is 8.39. The second kappa shape index (κ2) is 8.84. The van der Waals surface area contributed by atoms with Crippen LogP contribution in [0.5, 0.6) is 5.88 Å². The molecule has 1 aliphatic rings. The zero-order valence-corrected chi connectivity index (χ0v) is 15.4. The number of thioether (sulfide) groups is 1. The van der Waals surface area contributed by atoms with Crippen LogP contribution in [0.15, 0.2) is 36.4 Å². The smallest absolute Gasteiger partial charge is 0.260 e. The third-order valence-corrected chi connectivity index (χ3v) is 5.00. The lowest BCUT2D eigenvalue weighted by Gasteiger charge is -2.26. The van der Waals surface area contributed by atoms with Gasteiger partial charge < -0.3 is 14.5 Å². The monoisotopic (exact) mass is 376 g/mol. The van der Waals surface area contributed by atoms with Crippen LogP contribution in [0.4, 0.5) is 10.2 Å². The molecule has 26 heavy (non-hydrogen) atoms. The van der Waals surface area contributed by atoms with E-state index in [0.717, 1.165) is 30.2 Å². The Bertz CT molecular complexity index is 721. The molecular weight excluding hydrogens is 355 g/mol. The Morgan fingerprint density at radius 1 is 1.19 bits per heavy atom. The maximum atomic E-state index is 13.0. The Balaban J connectivity index is 1.50. The van der Waals surface area contributed by atoms with Gasteiger partial charge in [0.05, 0.1) is 0 Å². The van der Waals surface area contributed by atoms with Crippen molar-refractivity contribution in [2.45, 2.75) is 6.54 Å². The van der Waals surface area contributed by atoms with Crippen molar-refractivity contribution in [3.8, 4) is 5.88 Å². The molecule has 0 radical (unpaired) electrons. The second-order valence-corrected chi connectivity index (χ2v) is 7.22. The van der Waals surface area contributed by atoms with Crippen molar-refractivity contribution in [3.63, 3.8) is 0 Å². The lowest BCUT2D eigenvalue weighted by atomic mass is 10.2. The highest BCUT2D eigenvalue weighted by Gasteiger charge is 2.17. The molecule has 1 amide bonds. The highest BCUT2D eigenvalue weighted by atomic mass is 32.2. The van der Waals surface area contributed by atoms with E-state index in [9.17, 15) is 9.18 Å². The summed E-state index contributed by atoms with van der Waals surface area (Å²) >= 11 is 1.86. The van der Waals surface area contributed by atoms with E-state index in [0.29, 0.717) is 18.2 Å². The van der Waals surface area contributed by atoms with E-state index in [1.54, 1.807) is 24.3 Å². The van der Waals surface area contributed by atoms with Gasteiger partial charge in [-0.15, -0.1) is 10.2 Å². The molecule has 3 rings (SSSR count). The van der Waals surface area contributed by atoms with Crippen LogP contribution in [0.3, 0.4) is 0 Å². The lowest BCUT2D eigenvalue weighted by molar-refractivity contribution is -0.133. The summed E-state index contributed by atoms with van der Waals surface area (Å²) in [7, 11) is 1.88. The van der Waals surface area contributed by atoms with Gasteiger partial charge in [0.15, 0.2) is 12.4 Å². The maximum absolute atomic E-state index is 13.0. The number of anilines is 1. The molecule has 2 aromatic rings. The fraction of sp³-hybridized carbons (Fsp3) is 0.389. The number of rotatable bonds is 6. The molecule has 0 unspecified atom stereocenters. The number of aromatic nitrogens is 2. The molecule has 8 heteroatoms. The Labute approximate surface area is 156 Å². The van der Waals surface area contributed by atoms with Crippen molar-refractivity contribution in [3.05, 3.63) is 47.8 Å². The van der Waals surface area contributed by atoms with Crippen molar-refractivity contribution >= 4 is 23.5 Å². The van der Waals surface area contributed by atoms with Crippen molar-refractivity contribution in [1.29, 1.82) is 0 Å². The van der Waals surface area contributed by atoms with Crippen LogP contribution < -0.4 is 9.64 Å². The summed E-state index contributed by atoms with van der Waals surface area (Å²) in [5, 5.41) is 8.16. The van der Waals surface area contributed by atoms with Crippen LogP contribution in [-0.2, 0) is 11.3 Å². The first-order chi connectivity index (χ1) is 12.6. The zero-order chi connectivity index (χ0) is 18.4. The quantitative estimate of drug-likeness (QED) is 0.770. The molecule has 6 nitrogen and oxygen atoms in total. The SMILES string of the molecule is CN(Cc1ccc(F)cc1)c1ccc(OCC(=O)N2CCSCC2)nn1. The molecule has 1 saturated heterocycles. The van der Waals surface area contributed by atoms with E-state index >= 15 is 0 Å². The van der Waals surface area contributed by atoms with Gasteiger partial charge >= 0.3 is 0 Å². The molecule has 0 aliphatic carbocycles. The van der Waals surface area contributed by atoms with Gasteiger partial charge in [0.1, 0.15) is 5.82 Å². The number of ether oxygens (including phenoxy) is 1. The van der Waals surface area contributed by atoms with Crippen molar-refractivity contribution in [2.75, 3.05) is 43.1 Å². The molecule has 1 aliphatic heterocycles. The van der Waals surface area contributed by atoms with Gasteiger partial charge in [-0.1, -0.05) is 12.1 Å². The number of halogens is 1. The summed E-state index contributed by atoms with van der Waals surface area (Å²) < 4.78 is 18.4. The number of nitrogens with zero attached hydrogens (tertiary/aromatic N) is 4. The van der Waals surface area contributed by atoms with E-state index in [1.165, 1.54) is 12.1 Å². The minimum absolute atomic E-state index is 0.0235. The van der Waals surface area contributed by atoms with Gasteiger partial charge in [0.2, 0.25) is 5.88 Å². The molecule has 0 N–H and O–H groups in total. The first-order valence-corrected chi connectivity index (χ1v) is 9.55. The standard InChI is InChI=1S/C18H21FN4O2S/c1-22(12-14-2-4-15(19)5-3-14)16-6-7-17(21-20-16)25-13-18(24)23-8-10-26-11-9-23/h2-7H,8-13H2,1H3. The van der Waals surface area contributed by atoms with E-state index < -0.39 is 0 Å². The first kappa shape index (κ1) is 18.4. The molecule has 1 fully saturated rings. The fourth-order valence-corrected chi connectivity index (χ4v) is 3.48. The number of carbonyl (C=O) groups is 1. The Kier molecular flexibility index (Phi) is 6.27. The number of carbonyl (C=O) groups excluding carboxylic acids is 1. The van der Waals surface area contributed by atoms with E-state index in [-0.39, 0.29) is 18.3 Å². The van der Waals surface area contributed by atoms with Crippen LogP contribution in [0.1, 0.15) is 5.56 Å². The van der Waals surface area contributed by atoms with Crippen LogP contribution >= 0.6 is 11.8 Å². The highest BCUT2D eigenvalue weighted by Crippen LogP contribution is 2.15. The minimum atomic E-state index is -0.254. The normalized spacial score (nSPS) is 14.2. The molecule has 2 heterocycles. The molecule has 138 valence electrons. The van der Waals surface area contributed by atoms with Gasteiger partial charge in [0, 0.05) is 44.3 Å². The highest BCUT2D eigenvalue weighted by molar-refractivity contribution is 7.99. The zero-order valence-electron chi connectivity index (χ0n) is 14.6. The Morgan fingerprint density at radius 3 is 2.58 bits per heavy atom. The van der Waals surface area contributed by atoms with E-state index in [1.807, 2.05) is 28.6 Å². The summed E-state index contributed by atoms with van der Waals surface area (Å²) in [6, 6.07) is 9.83. The molecule has 0 spiro atoms. The second-order valence-electron chi connectivity index (χ2n) is 5.99. The van der Waals surface area contributed by atoms with Crippen molar-refractivity contribution in [2.24, 2.45) is 0 Å². The summed E-state index contributed by atoms with van der Waals surface area (Å²) in [6.45, 7) is 2.10. The molecule has 0 saturated carbocycles.